The SMILES string of the molecule is FC(F)(F)c1cncc(-c2ccccn2)c1. The number of rotatable bonds is 1. The molecular formula is C11H7F3N2. The maximum absolute atomic E-state index is 12.4. The zero-order chi connectivity index (χ0) is 11.6. The molecule has 0 spiro atoms. The van der Waals surface area contributed by atoms with Gasteiger partial charge in [-0.15, -0.1) is 0 Å². The number of alkyl halides is 3. The largest absolute Gasteiger partial charge is 0.417 e. The van der Waals surface area contributed by atoms with E-state index >= 15 is 0 Å². The van der Waals surface area contributed by atoms with E-state index in [1.807, 2.05) is 0 Å². The highest BCUT2D eigenvalue weighted by atomic mass is 19.4. The van der Waals surface area contributed by atoms with Gasteiger partial charge in [0.2, 0.25) is 0 Å². The third-order valence-electron chi connectivity index (χ3n) is 2.03. The van der Waals surface area contributed by atoms with Crippen molar-refractivity contribution in [1.82, 2.24) is 9.97 Å². The lowest BCUT2D eigenvalue weighted by molar-refractivity contribution is -0.137. The van der Waals surface area contributed by atoms with Crippen LogP contribution in [0.5, 0.6) is 0 Å². The van der Waals surface area contributed by atoms with Gasteiger partial charge in [-0.05, 0) is 18.2 Å². The second-order valence-electron chi connectivity index (χ2n) is 3.18. The molecule has 0 unspecified atom stereocenters. The Hall–Kier alpha value is -1.91. The standard InChI is InChI=1S/C11H7F3N2/c12-11(13,14)9-5-8(6-15-7-9)10-3-1-2-4-16-10/h1-7H. The fourth-order valence-corrected chi connectivity index (χ4v) is 1.27. The van der Waals surface area contributed by atoms with Gasteiger partial charge in [-0.2, -0.15) is 13.2 Å². The van der Waals surface area contributed by atoms with Crippen LogP contribution in [0.1, 0.15) is 5.56 Å². The third-order valence-corrected chi connectivity index (χ3v) is 2.03. The molecule has 2 aromatic rings. The van der Waals surface area contributed by atoms with Crippen molar-refractivity contribution >= 4 is 0 Å². The number of aromatic nitrogens is 2. The van der Waals surface area contributed by atoms with Gasteiger partial charge in [-0.1, -0.05) is 6.07 Å². The van der Waals surface area contributed by atoms with E-state index in [-0.39, 0.29) is 0 Å². The lowest BCUT2D eigenvalue weighted by Crippen LogP contribution is -2.05. The van der Waals surface area contributed by atoms with Gasteiger partial charge in [0.05, 0.1) is 11.3 Å². The van der Waals surface area contributed by atoms with Crippen molar-refractivity contribution in [3.05, 3.63) is 48.4 Å². The Kier molecular flexibility index (Phi) is 2.60. The highest BCUT2D eigenvalue weighted by Crippen LogP contribution is 2.30. The van der Waals surface area contributed by atoms with E-state index in [0.717, 1.165) is 12.3 Å². The first-order valence-corrected chi connectivity index (χ1v) is 4.51. The Morgan fingerprint density at radius 2 is 1.88 bits per heavy atom. The molecule has 2 aromatic heterocycles. The molecule has 0 fully saturated rings. The van der Waals surface area contributed by atoms with Crippen LogP contribution in [0.15, 0.2) is 42.9 Å². The van der Waals surface area contributed by atoms with Crippen molar-refractivity contribution in [2.24, 2.45) is 0 Å². The number of hydrogen-bond donors (Lipinski definition) is 0. The van der Waals surface area contributed by atoms with Gasteiger partial charge in [-0.3, -0.25) is 9.97 Å². The molecule has 0 amide bonds. The quantitative estimate of drug-likeness (QED) is 0.743. The smallest absolute Gasteiger partial charge is 0.263 e. The van der Waals surface area contributed by atoms with Crippen LogP contribution in [0, 0.1) is 0 Å². The van der Waals surface area contributed by atoms with Crippen LogP contribution >= 0.6 is 0 Å². The fourth-order valence-electron chi connectivity index (χ4n) is 1.27. The molecule has 0 bridgehead atoms. The first-order chi connectivity index (χ1) is 7.57. The van der Waals surface area contributed by atoms with Crippen molar-refractivity contribution in [2.75, 3.05) is 0 Å². The summed E-state index contributed by atoms with van der Waals surface area (Å²) in [6, 6.07) is 6.08. The lowest BCUT2D eigenvalue weighted by Gasteiger charge is -2.07. The molecule has 0 aliphatic heterocycles. The average Bonchev–Trinajstić information content (AvgIpc) is 2.29. The molecule has 82 valence electrons. The number of hydrogen-bond acceptors (Lipinski definition) is 2. The van der Waals surface area contributed by atoms with Crippen molar-refractivity contribution in [1.29, 1.82) is 0 Å². The second-order valence-corrected chi connectivity index (χ2v) is 3.18. The summed E-state index contributed by atoms with van der Waals surface area (Å²) < 4.78 is 37.3. The van der Waals surface area contributed by atoms with E-state index in [1.165, 1.54) is 12.4 Å². The first kappa shape index (κ1) is 10.6. The minimum Gasteiger partial charge on any atom is -0.263 e. The minimum atomic E-state index is -4.38. The summed E-state index contributed by atoms with van der Waals surface area (Å²) in [5.41, 5.74) is 0.0622. The zero-order valence-corrected chi connectivity index (χ0v) is 8.07. The Morgan fingerprint density at radius 1 is 1.06 bits per heavy atom. The monoisotopic (exact) mass is 224 g/mol. The highest BCUT2D eigenvalue weighted by molar-refractivity contribution is 5.58. The molecule has 0 aromatic carbocycles. The van der Waals surface area contributed by atoms with Crippen LogP contribution in [0.25, 0.3) is 11.3 Å². The van der Waals surface area contributed by atoms with Gasteiger partial charge in [0.25, 0.3) is 0 Å². The molecule has 0 radical (unpaired) electrons. The van der Waals surface area contributed by atoms with Crippen LogP contribution < -0.4 is 0 Å². The molecule has 16 heavy (non-hydrogen) atoms. The maximum atomic E-state index is 12.4. The Morgan fingerprint density at radius 3 is 2.50 bits per heavy atom. The highest BCUT2D eigenvalue weighted by Gasteiger charge is 2.31. The molecule has 0 atom stereocenters. The van der Waals surface area contributed by atoms with Gasteiger partial charge in [0.15, 0.2) is 0 Å². The van der Waals surface area contributed by atoms with Crippen molar-refractivity contribution in [2.45, 2.75) is 6.18 Å². The van der Waals surface area contributed by atoms with Crippen molar-refractivity contribution < 1.29 is 13.2 Å². The van der Waals surface area contributed by atoms with Gasteiger partial charge in [0.1, 0.15) is 0 Å². The van der Waals surface area contributed by atoms with E-state index in [4.69, 9.17) is 0 Å². The Balaban J connectivity index is 2.45. The van der Waals surface area contributed by atoms with Crippen LogP contribution in [0.2, 0.25) is 0 Å². The summed E-state index contributed by atoms with van der Waals surface area (Å²) in [5.74, 6) is 0. The van der Waals surface area contributed by atoms with E-state index in [0.29, 0.717) is 11.3 Å². The molecule has 2 rings (SSSR count). The van der Waals surface area contributed by atoms with Gasteiger partial charge >= 0.3 is 6.18 Å². The van der Waals surface area contributed by atoms with Crippen LogP contribution in [0.3, 0.4) is 0 Å². The van der Waals surface area contributed by atoms with E-state index in [2.05, 4.69) is 9.97 Å². The Bertz CT molecular complexity index is 480. The second kappa shape index (κ2) is 3.92. The summed E-state index contributed by atoms with van der Waals surface area (Å²) in [6.45, 7) is 0. The lowest BCUT2D eigenvalue weighted by atomic mass is 10.1. The molecule has 0 saturated heterocycles. The average molecular weight is 224 g/mol. The normalized spacial score (nSPS) is 11.4. The van der Waals surface area contributed by atoms with E-state index in [1.54, 1.807) is 18.2 Å². The third kappa shape index (κ3) is 2.18. The Labute approximate surface area is 89.8 Å². The maximum Gasteiger partial charge on any atom is 0.417 e. The molecule has 0 N–H and O–H groups in total. The molecule has 0 aliphatic rings. The molecule has 5 heteroatoms. The van der Waals surface area contributed by atoms with Crippen molar-refractivity contribution in [3.63, 3.8) is 0 Å². The summed E-state index contributed by atoms with van der Waals surface area (Å²) >= 11 is 0. The fraction of sp³-hybridized carbons (Fsp3) is 0.0909. The summed E-state index contributed by atoms with van der Waals surface area (Å²) in [5, 5.41) is 0. The minimum absolute atomic E-state index is 0.357. The van der Waals surface area contributed by atoms with Crippen LogP contribution in [-0.4, -0.2) is 9.97 Å². The topological polar surface area (TPSA) is 25.8 Å². The van der Waals surface area contributed by atoms with Gasteiger partial charge < -0.3 is 0 Å². The molecule has 2 nitrogen and oxygen atoms in total. The molecule has 0 aliphatic carbocycles. The summed E-state index contributed by atoms with van der Waals surface area (Å²) in [6.07, 6.45) is -0.697. The van der Waals surface area contributed by atoms with Gasteiger partial charge in [-0.25, -0.2) is 0 Å². The molecular weight excluding hydrogens is 217 g/mol. The van der Waals surface area contributed by atoms with Crippen LogP contribution in [0.4, 0.5) is 13.2 Å². The predicted octanol–water partition coefficient (Wildman–Crippen LogP) is 3.16. The summed E-state index contributed by atoms with van der Waals surface area (Å²) in [4.78, 5) is 7.53. The predicted molar refractivity (Wildman–Crippen MR) is 52.5 cm³/mol. The first-order valence-electron chi connectivity index (χ1n) is 4.51. The number of pyridine rings is 2. The van der Waals surface area contributed by atoms with E-state index in [9.17, 15) is 13.2 Å². The van der Waals surface area contributed by atoms with Crippen molar-refractivity contribution in [3.8, 4) is 11.3 Å². The number of halogens is 3. The number of nitrogens with zero attached hydrogens (tertiary/aromatic N) is 2. The zero-order valence-electron chi connectivity index (χ0n) is 8.07. The molecule has 0 saturated carbocycles. The van der Waals surface area contributed by atoms with E-state index < -0.39 is 11.7 Å². The van der Waals surface area contributed by atoms with Gasteiger partial charge in [0, 0.05) is 24.2 Å². The molecule has 2 heterocycles. The summed E-state index contributed by atoms with van der Waals surface area (Å²) in [7, 11) is 0. The van der Waals surface area contributed by atoms with Crippen LogP contribution in [-0.2, 0) is 6.18 Å².